The Morgan fingerprint density at radius 1 is 1.32 bits per heavy atom. The van der Waals surface area contributed by atoms with Gasteiger partial charge in [0.25, 0.3) is 0 Å². The monoisotopic (exact) mass is 305 g/mol. The summed E-state index contributed by atoms with van der Waals surface area (Å²) in [5.74, 6) is 0.0314. The van der Waals surface area contributed by atoms with Gasteiger partial charge < -0.3 is 4.74 Å². The number of ether oxygens (including phenoxy) is 1. The summed E-state index contributed by atoms with van der Waals surface area (Å²) in [7, 11) is -2.33. The van der Waals surface area contributed by atoms with Crippen LogP contribution < -0.4 is 4.72 Å². The van der Waals surface area contributed by atoms with Crippen LogP contribution in [0.4, 0.5) is 0 Å². The van der Waals surface area contributed by atoms with Gasteiger partial charge in [0.15, 0.2) is 0 Å². The number of sulfonamides is 1. The van der Waals surface area contributed by atoms with E-state index in [2.05, 4.69) is 9.46 Å². The maximum atomic E-state index is 11.9. The first-order chi connectivity index (χ1) is 8.99. The van der Waals surface area contributed by atoms with Crippen LogP contribution in [0.5, 0.6) is 0 Å². The van der Waals surface area contributed by atoms with E-state index in [9.17, 15) is 13.2 Å². The second-order valence-corrected chi connectivity index (χ2v) is 5.95. The average Bonchev–Trinajstić information content (AvgIpc) is 2.39. The number of hydrogen-bond acceptors (Lipinski definition) is 4. The van der Waals surface area contributed by atoms with Gasteiger partial charge in [-0.15, -0.1) is 11.6 Å². The van der Waals surface area contributed by atoms with Crippen molar-refractivity contribution in [2.24, 2.45) is 0 Å². The van der Waals surface area contributed by atoms with Crippen molar-refractivity contribution < 1.29 is 17.9 Å². The molecule has 0 saturated heterocycles. The third-order valence-electron chi connectivity index (χ3n) is 2.47. The van der Waals surface area contributed by atoms with E-state index in [4.69, 9.17) is 11.6 Å². The lowest BCUT2D eigenvalue weighted by atomic mass is 10.2. The zero-order chi connectivity index (χ0) is 14.3. The third-order valence-corrected chi connectivity index (χ3v) is 4.13. The van der Waals surface area contributed by atoms with Gasteiger partial charge >= 0.3 is 5.97 Å². The summed E-state index contributed by atoms with van der Waals surface area (Å²) in [5, 5.41) is 0. The minimum atomic E-state index is -3.59. The molecular formula is C12H16ClNO4S. The van der Waals surface area contributed by atoms with Crippen molar-refractivity contribution in [3.8, 4) is 0 Å². The Bertz CT molecular complexity index is 513. The molecule has 0 radical (unpaired) electrons. The summed E-state index contributed by atoms with van der Waals surface area (Å²) >= 11 is 5.60. The Morgan fingerprint density at radius 3 is 2.47 bits per heavy atom. The molecule has 0 bridgehead atoms. The number of benzene rings is 1. The average molecular weight is 306 g/mol. The lowest BCUT2D eigenvalue weighted by molar-refractivity contribution is -0.140. The van der Waals surface area contributed by atoms with E-state index < -0.39 is 16.0 Å². The van der Waals surface area contributed by atoms with Gasteiger partial charge in [-0.05, 0) is 24.1 Å². The Balaban J connectivity index is 2.64. The van der Waals surface area contributed by atoms with Crippen molar-refractivity contribution >= 4 is 27.6 Å². The predicted molar refractivity (Wildman–Crippen MR) is 72.7 cm³/mol. The Labute approximate surface area is 118 Å². The summed E-state index contributed by atoms with van der Waals surface area (Å²) in [5.41, 5.74) is 0.975. The fourth-order valence-electron chi connectivity index (χ4n) is 1.42. The van der Waals surface area contributed by atoms with Crippen LogP contribution in [-0.4, -0.2) is 33.9 Å². The number of esters is 1. The van der Waals surface area contributed by atoms with Crippen LogP contribution in [0.15, 0.2) is 29.2 Å². The molecule has 0 heterocycles. The number of carbonyl (C=O) groups excluding carboxylic acids is 1. The summed E-state index contributed by atoms with van der Waals surface area (Å²) < 4.78 is 30.5. The maximum Gasteiger partial charge on any atom is 0.306 e. The van der Waals surface area contributed by atoms with Crippen molar-refractivity contribution in [1.29, 1.82) is 0 Å². The third kappa shape index (κ3) is 5.18. The number of alkyl halides is 1. The standard InChI is InChI=1S/C12H16ClNO4S/c1-18-12(15)7-9-14-19(16,17)11-4-2-10(3-5-11)6-8-13/h2-5,14H,6-9H2,1H3. The molecule has 0 unspecified atom stereocenters. The zero-order valence-electron chi connectivity index (χ0n) is 10.6. The molecule has 0 fully saturated rings. The van der Waals surface area contributed by atoms with E-state index in [1.807, 2.05) is 0 Å². The summed E-state index contributed by atoms with van der Waals surface area (Å²) in [4.78, 5) is 11.0. The molecule has 0 aliphatic carbocycles. The molecule has 7 heteroatoms. The molecule has 0 saturated carbocycles. The lowest BCUT2D eigenvalue weighted by Gasteiger charge is -2.07. The van der Waals surface area contributed by atoms with Gasteiger partial charge in [-0.2, -0.15) is 0 Å². The molecule has 0 spiro atoms. The molecule has 5 nitrogen and oxygen atoms in total. The first-order valence-electron chi connectivity index (χ1n) is 5.71. The van der Waals surface area contributed by atoms with E-state index in [0.717, 1.165) is 5.56 Å². The summed E-state index contributed by atoms with van der Waals surface area (Å²) in [6.07, 6.45) is 0.692. The number of methoxy groups -OCH3 is 1. The van der Waals surface area contributed by atoms with Gasteiger partial charge in [-0.3, -0.25) is 4.79 Å². The molecule has 1 aromatic carbocycles. The van der Waals surface area contributed by atoms with Crippen molar-refractivity contribution in [1.82, 2.24) is 4.72 Å². The molecule has 1 aromatic rings. The normalized spacial score (nSPS) is 11.3. The van der Waals surface area contributed by atoms with Crippen LogP contribution in [0.2, 0.25) is 0 Å². The number of aryl methyl sites for hydroxylation is 1. The second-order valence-electron chi connectivity index (χ2n) is 3.81. The Morgan fingerprint density at radius 2 is 1.95 bits per heavy atom. The molecule has 1 rings (SSSR count). The number of carbonyl (C=O) groups is 1. The molecular weight excluding hydrogens is 290 g/mol. The number of halogens is 1. The van der Waals surface area contributed by atoms with E-state index in [-0.39, 0.29) is 17.9 Å². The molecule has 0 amide bonds. The van der Waals surface area contributed by atoms with Crippen LogP contribution in [0.25, 0.3) is 0 Å². The SMILES string of the molecule is COC(=O)CCNS(=O)(=O)c1ccc(CCCl)cc1. The van der Waals surface area contributed by atoms with Crippen molar-refractivity contribution in [3.63, 3.8) is 0 Å². The van der Waals surface area contributed by atoms with Crippen molar-refractivity contribution in [3.05, 3.63) is 29.8 Å². The van der Waals surface area contributed by atoms with Gasteiger partial charge in [-0.1, -0.05) is 12.1 Å². The molecule has 0 aromatic heterocycles. The molecule has 0 aliphatic heterocycles. The Hall–Kier alpha value is -1.11. The predicted octanol–water partition coefficient (Wildman–Crippen LogP) is 1.31. The smallest absolute Gasteiger partial charge is 0.306 e. The summed E-state index contributed by atoms with van der Waals surface area (Å²) in [6.45, 7) is 0.0123. The summed E-state index contributed by atoms with van der Waals surface area (Å²) in [6, 6.07) is 6.47. The van der Waals surface area contributed by atoms with E-state index in [1.165, 1.54) is 19.2 Å². The Kier molecular flexibility index (Phi) is 6.27. The van der Waals surface area contributed by atoms with Crippen molar-refractivity contribution in [2.75, 3.05) is 19.5 Å². The highest BCUT2D eigenvalue weighted by Gasteiger charge is 2.13. The quantitative estimate of drug-likeness (QED) is 0.609. The van der Waals surface area contributed by atoms with Crippen LogP contribution in [0.1, 0.15) is 12.0 Å². The number of rotatable bonds is 7. The highest BCUT2D eigenvalue weighted by molar-refractivity contribution is 7.89. The highest BCUT2D eigenvalue weighted by Crippen LogP contribution is 2.11. The highest BCUT2D eigenvalue weighted by atomic mass is 35.5. The topological polar surface area (TPSA) is 72.5 Å². The van der Waals surface area contributed by atoms with Gasteiger partial charge in [0.05, 0.1) is 18.4 Å². The molecule has 0 atom stereocenters. The van der Waals surface area contributed by atoms with Crippen LogP contribution in [0.3, 0.4) is 0 Å². The van der Waals surface area contributed by atoms with Gasteiger partial charge in [0, 0.05) is 12.4 Å². The van der Waals surface area contributed by atoms with Crippen LogP contribution >= 0.6 is 11.6 Å². The first-order valence-corrected chi connectivity index (χ1v) is 7.73. The fraction of sp³-hybridized carbons (Fsp3) is 0.417. The molecule has 106 valence electrons. The van der Waals surface area contributed by atoms with E-state index in [0.29, 0.717) is 12.3 Å². The maximum absolute atomic E-state index is 11.9. The fourth-order valence-corrected chi connectivity index (χ4v) is 2.67. The van der Waals surface area contributed by atoms with Crippen molar-refractivity contribution in [2.45, 2.75) is 17.7 Å². The minimum Gasteiger partial charge on any atom is -0.469 e. The van der Waals surface area contributed by atoms with Crippen LogP contribution in [-0.2, 0) is 26.0 Å². The second kappa shape index (κ2) is 7.47. The van der Waals surface area contributed by atoms with E-state index in [1.54, 1.807) is 12.1 Å². The largest absolute Gasteiger partial charge is 0.469 e. The van der Waals surface area contributed by atoms with Crippen LogP contribution in [0, 0.1) is 0 Å². The molecule has 19 heavy (non-hydrogen) atoms. The first kappa shape index (κ1) is 15.9. The van der Waals surface area contributed by atoms with Gasteiger partial charge in [0.2, 0.25) is 10.0 Å². The van der Waals surface area contributed by atoms with Gasteiger partial charge in [-0.25, -0.2) is 13.1 Å². The molecule has 0 aliphatic rings. The lowest BCUT2D eigenvalue weighted by Crippen LogP contribution is -2.26. The zero-order valence-corrected chi connectivity index (χ0v) is 12.1. The minimum absolute atomic E-state index is 0.0000610. The molecule has 1 N–H and O–H groups in total. The number of nitrogens with one attached hydrogen (secondary N) is 1. The van der Waals surface area contributed by atoms with Gasteiger partial charge in [0.1, 0.15) is 0 Å². The van der Waals surface area contributed by atoms with E-state index >= 15 is 0 Å². The number of hydrogen-bond donors (Lipinski definition) is 1.